The van der Waals surface area contributed by atoms with Crippen molar-refractivity contribution in [2.24, 2.45) is 0 Å². The van der Waals surface area contributed by atoms with Gasteiger partial charge in [-0.15, -0.1) is 0 Å². The van der Waals surface area contributed by atoms with Crippen molar-refractivity contribution in [1.82, 2.24) is 14.5 Å². The summed E-state index contributed by atoms with van der Waals surface area (Å²) in [5.74, 6) is -0.394. The van der Waals surface area contributed by atoms with E-state index in [-0.39, 0.29) is 26.2 Å². The van der Waals surface area contributed by atoms with Crippen molar-refractivity contribution in [2.75, 3.05) is 33.1 Å². The maximum Gasteiger partial charge on any atom is 0.247 e. The number of nitrogens with zero attached hydrogens (tertiary/aromatic N) is 2. The Hall–Kier alpha value is -3.73. The van der Waals surface area contributed by atoms with Crippen LogP contribution >= 0.6 is 0 Å². The van der Waals surface area contributed by atoms with Crippen LogP contribution < -0.4 is 10.1 Å². The Kier molecular flexibility index (Phi) is 10.4. The molecule has 3 rings (SSSR count). The first-order valence-corrected chi connectivity index (χ1v) is 13.9. The minimum atomic E-state index is -3.76. The van der Waals surface area contributed by atoms with Crippen LogP contribution in [0.4, 0.5) is 0 Å². The third kappa shape index (κ3) is 8.14. The van der Waals surface area contributed by atoms with E-state index < -0.39 is 34.4 Å². The topological polar surface area (TPSA) is 116 Å². The molecule has 0 unspecified atom stereocenters. The Balaban J connectivity index is 2.01. The van der Waals surface area contributed by atoms with Crippen LogP contribution in [-0.2, 0) is 32.7 Å². The number of benzene rings is 3. The standard InChI is InChI=1S/C28H33N3O6S/c1-37-25-15-13-23(14-16-25)20-31(27(28(34)29-17-18-32)24-11-7-4-8-12-24)26(33)21-30(38(2,35)36)19-22-9-5-3-6-10-22/h3-16,27,32H,17-21H2,1-2H3,(H,29,34)/t27-/m0/s1. The fourth-order valence-electron chi connectivity index (χ4n) is 3.95. The van der Waals surface area contributed by atoms with Crippen LogP contribution in [0.15, 0.2) is 84.9 Å². The monoisotopic (exact) mass is 539 g/mol. The molecular formula is C28H33N3O6S. The second kappa shape index (κ2) is 13.7. The molecule has 1 atom stereocenters. The van der Waals surface area contributed by atoms with Crippen LogP contribution in [-0.4, -0.2) is 67.6 Å². The number of hydrogen-bond acceptors (Lipinski definition) is 6. The van der Waals surface area contributed by atoms with E-state index in [2.05, 4.69) is 5.32 Å². The number of rotatable bonds is 13. The number of carbonyl (C=O) groups excluding carboxylic acids is 2. The van der Waals surface area contributed by atoms with Gasteiger partial charge >= 0.3 is 0 Å². The van der Waals surface area contributed by atoms with E-state index in [1.165, 1.54) is 4.90 Å². The van der Waals surface area contributed by atoms with E-state index >= 15 is 0 Å². The molecular weight excluding hydrogens is 506 g/mol. The number of methoxy groups -OCH3 is 1. The number of sulfonamides is 1. The third-order valence-electron chi connectivity index (χ3n) is 5.90. The van der Waals surface area contributed by atoms with Gasteiger partial charge in [0.05, 0.1) is 26.5 Å². The lowest BCUT2D eigenvalue weighted by Gasteiger charge is -2.33. The lowest BCUT2D eigenvalue weighted by molar-refractivity contribution is -0.141. The van der Waals surface area contributed by atoms with Crippen LogP contribution in [0.25, 0.3) is 0 Å². The summed E-state index contributed by atoms with van der Waals surface area (Å²) in [4.78, 5) is 28.6. The normalized spacial score (nSPS) is 12.1. The van der Waals surface area contributed by atoms with E-state index in [0.29, 0.717) is 11.3 Å². The smallest absolute Gasteiger partial charge is 0.247 e. The number of carbonyl (C=O) groups is 2. The molecule has 2 N–H and O–H groups in total. The van der Waals surface area contributed by atoms with Crippen molar-refractivity contribution in [2.45, 2.75) is 19.1 Å². The van der Waals surface area contributed by atoms with Crippen LogP contribution in [0.5, 0.6) is 5.75 Å². The summed E-state index contributed by atoms with van der Waals surface area (Å²) in [5.41, 5.74) is 2.01. The van der Waals surface area contributed by atoms with Crippen LogP contribution in [0.1, 0.15) is 22.7 Å². The number of nitrogens with one attached hydrogen (secondary N) is 1. The fourth-order valence-corrected chi connectivity index (χ4v) is 4.68. The first-order chi connectivity index (χ1) is 18.2. The van der Waals surface area contributed by atoms with Crippen molar-refractivity contribution >= 4 is 21.8 Å². The molecule has 0 bridgehead atoms. The van der Waals surface area contributed by atoms with Crippen LogP contribution in [0, 0.1) is 0 Å². The molecule has 0 aliphatic heterocycles. The minimum Gasteiger partial charge on any atom is -0.497 e. The van der Waals surface area contributed by atoms with Crippen molar-refractivity contribution in [3.8, 4) is 5.75 Å². The highest BCUT2D eigenvalue weighted by Crippen LogP contribution is 2.25. The largest absolute Gasteiger partial charge is 0.497 e. The van der Waals surface area contributed by atoms with Gasteiger partial charge in [-0.2, -0.15) is 4.31 Å². The number of aliphatic hydroxyl groups is 1. The van der Waals surface area contributed by atoms with Gasteiger partial charge in [-0.1, -0.05) is 72.8 Å². The molecule has 0 spiro atoms. The molecule has 38 heavy (non-hydrogen) atoms. The minimum absolute atomic E-state index is 0.00843. The van der Waals surface area contributed by atoms with Crippen molar-refractivity contribution in [1.29, 1.82) is 0 Å². The molecule has 3 aromatic rings. The van der Waals surface area contributed by atoms with Gasteiger partial charge < -0.3 is 20.1 Å². The first-order valence-electron chi connectivity index (χ1n) is 12.1. The molecule has 2 amide bonds. The number of amides is 2. The number of aliphatic hydroxyl groups excluding tert-OH is 1. The molecule has 3 aromatic carbocycles. The predicted molar refractivity (Wildman–Crippen MR) is 145 cm³/mol. The van der Waals surface area contributed by atoms with Gasteiger partial charge in [0.15, 0.2) is 0 Å². The molecule has 0 heterocycles. The highest BCUT2D eigenvalue weighted by molar-refractivity contribution is 7.88. The summed E-state index contributed by atoms with van der Waals surface area (Å²) in [5, 5.41) is 11.9. The molecule has 202 valence electrons. The second-order valence-corrected chi connectivity index (χ2v) is 10.7. The van der Waals surface area contributed by atoms with Crippen molar-refractivity contribution in [3.05, 3.63) is 102 Å². The SMILES string of the molecule is COc1ccc(CN(C(=O)CN(Cc2ccccc2)S(C)(=O)=O)[C@H](C(=O)NCCO)c2ccccc2)cc1. The Labute approximate surface area is 223 Å². The maximum absolute atomic E-state index is 13.9. The highest BCUT2D eigenvalue weighted by Gasteiger charge is 2.33. The quantitative estimate of drug-likeness (QED) is 0.345. The second-order valence-electron chi connectivity index (χ2n) is 8.71. The van der Waals surface area contributed by atoms with Gasteiger partial charge in [0.2, 0.25) is 21.8 Å². The van der Waals surface area contributed by atoms with Crippen molar-refractivity contribution in [3.63, 3.8) is 0 Å². The molecule has 9 nitrogen and oxygen atoms in total. The molecule has 0 fully saturated rings. The summed E-state index contributed by atoms with van der Waals surface area (Å²) < 4.78 is 31.7. The number of hydrogen-bond donors (Lipinski definition) is 2. The molecule has 0 radical (unpaired) electrons. The highest BCUT2D eigenvalue weighted by atomic mass is 32.2. The van der Waals surface area contributed by atoms with Gasteiger partial charge in [-0.3, -0.25) is 9.59 Å². The Morgan fingerprint density at radius 1 is 0.895 bits per heavy atom. The molecule has 0 saturated heterocycles. The van der Waals surface area contributed by atoms with Gasteiger partial charge in [-0.05, 0) is 28.8 Å². The zero-order valence-corrected chi connectivity index (χ0v) is 22.3. The third-order valence-corrected chi connectivity index (χ3v) is 7.10. The molecule has 0 aromatic heterocycles. The average molecular weight is 540 g/mol. The molecule has 10 heteroatoms. The Bertz CT molecular complexity index is 1290. The lowest BCUT2D eigenvalue weighted by Crippen LogP contribution is -2.48. The Morgan fingerprint density at radius 2 is 1.47 bits per heavy atom. The van der Waals surface area contributed by atoms with E-state index in [4.69, 9.17) is 4.74 Å². The van der Waals surface area contributed by atoms with E-state index in [1.807, 2.05) is 6.07 Å². The summed E-state index contributed by atoms with van der Waals surface area (Å²) in [6, 6.07) is 23.8. The van der Waals surface area contributed by atoms with E-state index in [1.54, 1.807) is 86.0 Å². The summed E-state index contributed by atoms with van der Waals surface area (Å²) >= 11 is 0. The van der Waals surface area contributed by atoms with Gasteiger partial charge in [0.1, 0.15) is 11.8 Å². The Morgan fingerprint density at radius 3 is 2.03 bits per heavy atom. The van der Waals surface area contributed by atoms with Gasteiger partial charge in [0, 0.05) is 19.6 Å². The summed E-state index contributed by atoms with van der Waals surface area (Å²) in [7, 11) is -2.21. The fraction of sp³-hybridized carbons (Fsp3) is 0.286. The zero-order valence-electron chi connectivity index (χ0n) is 21.5. The predicted octanol–water partition coefficient (Wildman–Crippen LogP) is 2.34. The lowest BCUT2D eigenvalue weighted by atomic mass is 10.0. The van der Waals surface area contributed by atoms with Gasteiger partial charge in [0.25, 0.3) is 0 Å². The summed E-state index contributed by atoms with van der Waals surface area (Å²) in [6.07, 6.45) is 1.06. The van der Waals surface area contributed by atoms with Crippen molar-refractivity contribution < 1.29 is 27.9 Å². The molecule has 0 aliphatic rings. The molecule has 0 aliphatic carbocycles. The zero-order chi connectivity index (χ0) is 27.5. The summed E-state index contributed by atoms with van der Waals surface area (Å²) in [6.45, 7) is -0.665. The maximum atomic E-state index is 13.9. The van der Waals surface area contributed by atoms with E-state index in [0.717, 1.165) is 21.7 Å². The van der Waals surface area contributed by atoms with Gasteiger partial charge in [-0.25, -0.2) is 8.42 Å². The van der Waals surface area contributed by atoms with E-state index in [9.17, 15) is 23.1 Å². The molecule has 0 saturated carbocycles. The van der Waals surface area contributed by atoms with Crippen LogP contribution in [0.2, 0.25) is 0 Å². The number of ether oxygens (including phenoxy) is 1. The average Bonchev–Trinajstić information content (AvgIpc) is 2.92. The first kappa shape index (κ1) is 28.8. The van der Waals surface area contributed by atoms with Crippen LogP contribution in [0.3, 0.4) is 0 Å².